The summed E-state index contributed by atoms with van der Waals surface area (Å²) in [5.41, 5.74) is 4.01. The van der Waals surface area contributed by atoms with Crippen LogP contribution >= 0.6 is 11.3 Å². The molecule has 0 saturated heterocycles. The first-order valence-corrected chi connectivity index (χ1v) is 10.0. The molecule has 4 rings (SSSR count). The van der Waals surface area contributed by atoms with Crippen LogP contribution in [0, 0.1) is 12.7 Å². The molecule has 1 atom stereocenters. The van der Waals surface area contributed by atoms with Crippen molar-refractivity contribution in [2.75, 3.05) is 7.05 Å². The number of quaternary nitrogens is 1. The number of H-pyrrole nitrogens is 1. The van der Waals surface area contributed by atoms with Gasteiger partial charge < -0.3 is 9.88 Å². The van der Waals surface area contributed by atoms with E-state index in [1.807, 2.05) is 17.5 Å². The number of aromatic amines is 1. The zero-order valence-corrected chi connectivity index (χ0v) is 16.6. The molecule has 0 radical (unpaired) electrons. The predicted molar refractivity (Wildman–Crippen MR) is 111 cm³/mol. The number of aromatic nitrogens is 2. The van der Waals surface area contributed by atoms with Gasteiger partial charge in [0.05, 0.1) is 12.4 Å². The minimum Gasteiger partial charge on any atom is -0.327 e. The lowest BCUT2D eigenvalue weighted by Gasteiger charge is -2.14. The number of fused-ring (bicyclic) bond motifs is 1. The van der Waals surface area contributed by atoms with Crippen molar-refractivity contribution in [2.45, 2.75) is 20.0 Å². The summed E-state index contributed by atoms with van der Waals surface area (Å²) < 4.78 is 13.2. The van der Waals surface area contributed by atoms with Crippen molar-refractivity contribution in [2.24, 2.45) is 0 Å². The first-order chi connectivity index (χ1) is 13.5. The maximum atomic E-state index is 13.2. The molecule has 0 saturated carbocycles. The van der Waals surface area contributed by atoms with Crippen molar-refractivity contribution >= 4 is 21.6 Å². The van der Waals surface area contributed by atoms with E-state index in [2.05, 4.69) is 36.1 Å². The third-order valence-corrected chi connectivity index (χ3v) is 5.74. The molecule has 0 bridgehead atoms. The van der Waals surface area contributed by atoms with Gasteiger partial charge >= 0.3 is 0 Å². The first-order valence-electron chi connectivity index (χ1n) is 9.13. The minimum atomic E-state index is -0.294. The van der Waals surface area contributed by atoms with Crippen molar-refractivity contribution in [3.63, 3.8) is 0 Å². The summed E-state index contributed by atoms with van der Waals surface area (Å²) in [5.74, 6) is 0.383. The summed E-state index contributed by atoms with van der Waals surface area (Å²) in [7, 11) is 2.09. The first kappa shape index (κ1) is 18.5. The van der Waals surface area contributed by atoms with E-state index in [0.29, 0.717) is 22.6 Å². The average molecular weight is 394 g/mol. The molecule has 2 heterocycles. The smallest absolute Gasteiger partial charge is 0.260 e. The predicted octanol–water partition coefficient (Wildman–Crippen LogP) is 3.31. The van der Waals surface area contributed by atoms with Gasteiger partial charge in [0.2, 0.25) is 0 Å². The van der Waals surface area contributed by atoms with Crippen LogP contribution in [0.4, 0.5) is 4.39 Å². The van der Waals surface area contributed by atoms with E-state index in [-0.39, 0.29) is 11.4 Å². The molecule has 1 unspecified atom stereocenters. The fourth-order valence-corrected chi connectivity index (χ4v) is 4.37. The van der Waals surface area contributed by atoms with Crippen LogP contribution in [0.2, 0.25) is 0 Å². The molecule has 28 heavy (non-hydrogen) atoms. The molecule has 0 aliphatic rings. The Morgan fingerprint density at radius 2 is 1.86 bits per heavy atom. The maximum absolute atomic E-state index is 13.2. The van der Waals surface area contributed by atoms with Crippen LogP contribution in [0.5, 0.6) is 0 Å². The summed E-state index contributed by atoms with van der Waals surface area (Å²) in [4.78, 5) is 22.3. The van der Waals surface area contributed by atoms with Crippen molar-refractivity contribution in [3.8, 4) is 11.1 Å². The Morgan fingerprint density at radius 3 is 2.61 bits per heavy atom. The molecule has 2 aromatic heterocycles. The van der Waals surface area contributed by atoms with E-state index < -0.39 is 0 Å². The molecule has 0 amide bonds. The molecular weight excluding hydrogens is 373 g/mol. The number of hydrogen-bond acceptors (Lipinski definition) is 3. The highest BCUT2D eigenvalue weighted by molar-refractivity contribution is 7.17. The Bertz CT molecular complexity index is 1180. The molecule has 4 nitrogen and oxygen atoms in total. The van der Waals surface area contributed by atoms with E-state index in [1.165, 1.54) is 39.5 Å². The number of thiophene rings is 1. The van der Waals surface area contributed by atoms with Crippen molar-refractivity contribution in [1.82, 2.24) is 9.97 Å². The van der Waals surface area contributed by atoms with Crippen LogP contribution < -0.4 is 10.5 Å². The SMILES string of the molecule is Cc1ccccc1C[NH+](C)Cc1nc2scc(-c3ccc(F)cc3)c2c(=O)[nH]1. The van der Waals surface area contributed by atoms with Crippen LogP contribution in [0.3, 0.4) is 0 Å². The van der Waals surface area contributed by atoms with Gasteiger partial charge in [0, 0.05) is 16.5 Å². The lowest BCUT2D eigenvalue weighted by atomic mass is 10.1. The molecule has 0 spiro atoms. The number of rotatable bonds is 5. The second-order valence-corrected chi connectivity index (χ2v) is 7.94. The van der Waals surface area contributed by atoms with E-state index in [9.17, 15) is 9.18 Å². The van der Waals surface area contributed by atoms with Crippen LogP contribution in [-0.4, -0.2) is 17.0 Å². The molecular formula is C22H21FN3OS+. The Balaban J connectivity index is 1.61. The number of nitrogens with zero attached hydrogens (tertiary/aromatic N) is 1. The number of hydrogen-bond donors (Lipinski definition) is 2. The Kier molecular flexibility index (Phi) is 5.07. The van der Waals surface area contributed by atoms with Crippen LogP contribution in [0.1, 0.15) is 17.0 Å². The van der Waals surface area contributed by atoms with Gasteiger partial charge in [0.1, 0.15) is 23.7 Å². The summed E-state index contributed by atoms with van der Waals surface area (Å²) in [5, 5.41) is 2.48. The summed E-state index contributed by atoms with van der Waals surface area (Å²) in [6.07, 6.45) is 0. The normalized spacial score (nSPS) is 12.4. The van der Waals surface area contributed by atoms with E-state index in [4.69, 9.17) is 0 Å². The third kappa shape index (κ3) is 3.74. The third-order valence-electron chi connectivity index (χ3n) is 4.87. The molecule has 4 aromatic rings. The van der Waals surface area contributed by atoms with Crippen molar-refractivity contribution in [3.05, 3.63) is 87.0 Å². The number of halogens is 1. The molecule has 0 fully saturated rings. The van der Waals surface area contributed by atoms with Gasteiger partial charge in [-0.1, -0.05) is 36.4 Å². The van der Waals surface area contributed by atoms with Crippen molar-refractivity contribution < 1.29 is 9.29 Å². The highest BCUT2D eigenvalue weighted by atomic mass is 32.1. The largest absolute Gasteiger partial charge is 0.327 e. The minimum absolute atomic E-state index is 0.149. The topological polar surface area (TPSA) is 50.2 Å². The fourth-order valence-electron chi connectivity index (χ4n) is 3.40. The van der Waals surface area contributed by atoms with Gasteiger partial charge in [0.15, 0.2) is 5.82 Å². The lowest BCUT2D eigenvalue weighted by molar-refractivity contribution is -0.908. The standard InChI is InChI=1S/C22H20FN3OS/c1-14-5-3-4-6-16(14)11-26(2)12-19-24-21(27)20-18(13-28-22(20)25-19)15-7-9-17(23)10-8-15/h3-10,13H,11-12H2,1-2H3,(H,24,25,27)/p+1. The van der Waals surface area contributed by atoms with Gasteiger partial charge in [-0.2, -0.15) is 0 Å². The second kappa shape index (κ2) is 7.66. The molecule has 142 valence electrons. The van der Waals surface area contributed by atoms with Gasteiger partial charge in [0.25, 0.3) is 5.56 Å². The van der Waals surface area contributed by atoms with Crippen LogP contribution in [0.15, 0.2) is 58.7 Å². The molecule has 6 heteroatoms. The highest BCUT2D eigenvalue weighted by Crippen LogP contribution is 2.30. The van der Waals surface area contributed by atoms with Gasteiger partial charge in [-0.3, -0.25) is 4.79 Å². The summed E-state index contributed by atoms with van der Waals surface area (Å²) >= 11 is 1.44. The van der Waals surface area contributed by atoms with E-state index in [1.54, 1.807) is 12.1 Å². The lowest BCUT2D eigenvalue weighted by Crippen LogP contribution is -3.06. The maximum Gasteiger partial charge on any atom is 0.260 e. The fraction of sp³-hybridized carbons (Fsp3) is 0.182. The Labute approximate surface area is 166 Å². The van der Waals surface area contributed by atoms with E-state index in [0.717, 1.165) is 17.7 Å². The second-order valence-electron chi connectivity index (χ2n) is 7.09. The quantitative estimate of drug-likeness (QED) is 0.546. The van der Waals surface area contributed by atoms with Crippen LogP contribution in [-0.2, 0) is 13.1 Å². The molecule has 0 aliphatic heterocycles. The highest BCUT2D eigenvalue weighted by Gasteiger charge is 2.15. The van der Waals surface area contributed by atoms with Gasteiger partial charge in [-0.05, 0) is 30.2 Å². The molecule has 0 aliphatic carbocycles. The zero-order valence-electron chi connectivity index (χ0n) is 15.8. The monoisotopic (exact) mass is 394 g/mol. The van der Waals surface area contributed by atoms with Gasteiger partial charge in [-0.15, -0.1) is 11.3 Å². The molecule has 2 aromatic carbocycles. The number of benzene rings is 2. The van der Waals surface area contributed by atoms with Crippen molar-refractivity contribution in [1.29, 1.82) is 0 Å². The zero-order chi connectivity index (χ0) is 19.7. The Morgan fingerprint density at radius 1 is 1.11 bits per heavy atom. The number of nitrogens with one attached hydrogen (secondary N) is 2. The molecule has 2 N–H and O–H groups in total. The average Bonchev–Trinajstić information content (AvgIpc) is 3.09. The Hall–Kier alpha value is -2.83. The van der Waals surface area contributed by atoms with Crippen LogP contribution in [0.25, 0.3) is 21.3 Å². The number of aryl methyl sites for hydroxylation is 1. The van der Waals surface area contributed by atoms with Gasteiger partial charge in [-0.25, -0.2) is 9.37 Å². The van der Waals surface area contributed by atoms with E-state index >= 15 is 0 Å². The summed E-state index contributed by atoms with van der Waals surface area (Å²) in [6, 6.07) is 14.5. The summed E-state index contributed by atoms with van der Waals surface area (Å²) in [6.45, 7) is 3.60.